The Labute approximate surface area is 146 Å². The van der Waals surface area contributed by atoms with Gasteiger partial charge in [-0.2, -0.15) is 0 Å². The second-order valence-corrected chi connectivity index (χ2v) is 5.19. The molecule has 4 nitrogen and oxygen atoms in total. The molecule has 0 spiro atoms. The number of rotatable bonds is 7. The number of nitrogens with zero attached hydrogens (tertiary/aromatic N) is 2. The first-order valence-corrected chi connectivity index (χ1v) is 7.38. The van der Waals surface area contributed by atoms with E-state index < -0.39 is 0 Å². The second kappa shape index (κ2) is 11.8. The fourth-order valence-corrected chi connectivity index (χ4v) is 1.93. The Kier molecular flexibility index (Phi) is 11.3. The van der Waals surface area contributed by atoms with E-state index in [1.54, 1.807) is 0 Å². The first-order valence-electron chi connectivity index (χ1n) is 7.38. The highest BCUT2D eigenvalue weighted by Crippen LogP contribution is 2.10. The third-order valence-corrected chi connectivity index (χ3v) is 3.03. The molecule has 0 radical (unpaired) electrons. The highest BCUT2D eigenvalue weighted by molar-refractivity contribution is 14.0. The molecular formula is C16H29IN4. The predicted molar refractivity (Wildman–Crippen MR) is 103 cm³/mol. The minimum absolute atomic E-state index is 0. The van der Waals surface area contributed by atoms with E-state index in [0.717, 1.165) is 32.0 Å². The van der Waals surface area contributed by atoms with Crippen LogP contribution >= 0.6 is 24.0 Å². The standard InChI is InChI=1S/C16H28N4.HI/c1-5-17-16(18-12-9-13-20(3)4)19-14(2)15-10-7-6-8-11-15;/h6-8,10-11,14H,5,9,12-13H2,1-4H3,(H2,17,18,19);1H. The van der Waals surface area contributed by atoms with E-state index in [4.69, 9.17) is 0 Å². The van der Waals surface area contributed by atoms with Gasteiger partial charge in [-0.15, -0.1) is 24.0 Å². The molecule has 0 aromatic heterocycles. The van der Waals surface area contributed by atoms with Crippen LogP contribution < -0.4 is 10.6 Å². The number of aliphatic imine (C=N–C) groups is 1. The molecule has 1 rings (SSSR count). The molecule has 0 saturated carbocycles. The number of nitrogens with one attached hydrogen (secondary N) is 2. The fraction of sp³-hybridized carbons (Fsp3) is 0.562. The second-order valence-electron chi connectivity index (χ2n) is 5.19. The van der Waals surface area contributed by atoms with Crippen LogP contribution in [0.1, 0.15) is 31.9 Å². The van der Waals surface area contributed by atoms with Crippen molar-refractivity contribution in [2.75, 3.05) is 33.7 Å². The van der Waals surface area contributed by atoms with E-state index in [2.05, 4.69) is 72.7 Å². The van der Waals surface area contributed by atoms with Gasteiger partial charge in [-0.25, -0.2) is 0 Å². The number of halogens is 1. The maximum Gasteiger partial charge on any atom is 0.191 e. The first-order chi connectivity index (χ1) is 9.63. The topological polar surface area (TPSA) is 39.7 Å². The summed E-state index contributed by atoms with van der Waals surface area (Å²) in [5.74, 6) is 0.891. The zero-order valence-electron chi connectivity index (χ0n) is 13.6. The Bertz CT molecular complexity index is 393. The van der Waals surface area contributed by atoms with Gasteiger partial charge < -0.3 is 15.5 Å². The summed E-state index contributed by atoms with van der Waals surface area (Å²) in [5, 5.41) is 6.74. The molecule has 2 N–H and O–H groups in total. The van der Waals surface area contributed by atoms with Gasteiger partial charge in [0.1, 0.15) is 0 Å². The van der Waals surface area contributed by atoms with Crippen LogP contribution in [0.15, 0.2) is 35.3 Å². The SMILES string of the molecule is CCNC(=NCCCN(C)C)NC(C)c1ccccc1.I. The Morgan fingerprint density at radius 3 is 2.48 bits per heavy atom. The van der Waals surface area contributed by atoms with Crippen molar-refractivity contribution in [3.63, 3.8) is 0 Å². The molecule has 5 heteroatoms. The van der Waals surface area contributed by atoms with Crippen molar-refractivity contribution in [3.8, 4) is 0 Å². The van der Waals surface area contributed by atoms with Gasteiger partial charge in [-0.1, -0.05) is 30.3 Å². The summed E-state index contributed by atoms with van der Waals surface area (Å²) in [5.41, 5.74) is 1.27. The van der Waals surface area contributed by atoms with Crippen molar-refractivity contribution < 1.29 is 0 Å². The largest absolute Gasteiger partial charge is 0.357 e. The lowest BCUT2D eigenvalue weighted by Gasteiger charge is -2.18. The quantitative estimate of drug-likeness (QED) is 0.318. The normalized spacial score (nSPS) is 12.7. The third kappa shape index (κ3) is 8.93. The van der Waals surface area contributed by atoms with E-state index in [0.29, 0.717) is 0 Å². The van der Waals surface area contributed by atoms with Gasteiger partial charge in [-0.05, 0) is 46.5 Å². The molecule has 1 atom stereocenters. The molecule has 0 aliphatic rings. The molecule has 0 saturated heterocycles. The summed E-state index contributed by atoms with van der Waals surface area (Å²) in [6, 6.07) is 10.7. The lowest BCUT2D eigenvalue weighted by Crippen LogP contribution is -2.38. The van der Waals surface area contributed by atoms with Gasteiger partial charge in [-0.3, -0.25) is 4.99 Å². The molecule has 0 fully saturated rings. The van der Waals surface area contributed by atoms with Gasteiger partial charge >= 0.3 is 0 Å². The zero-order chi connectivity index (χ0) is 14.8. The van der Waals surface area contributed by atoms with E-state index >= 15 is 0 Å². The average molecular weight is 404 g/mol. The molecule has 0 aliphatic carbocycles. The lowest BCUT2D eigenvalue weighted by atomic mass is 10.1. The highest BCUT2D eigenvalue weighted by atomic mass is 127. The number of guanidine groups is 1. The van der Waals surface area contributed by atoms with Gasteiger partial charge in [0.05, 0.1) is 6.04 Å². The summed E-state index contributed by atoms with van der Waals surface area (Å²) in [6.07, 6.45) is 1.07. The van der Waals surface area contributed by atoms with Crippen LogP contribution in [0.3, 0.4) is 0 Å². The van der Waals surface area contributed by atoms with Crippen molar-refractivity contribution in [2.24, 2.45) is 4.99 Å². The molecule has 120 valence electrons. The summed E-state index contributed by atoms with van der Waals surface area (Å²) < 4.78 is 0. The number of hydrogen-bond acceptors (Lipinski definition) is 2. The summed E-state index contributed by atoms with van der Waals surface area (Å²) in [7, 11) is 4.18. The molecule has 1 aromatic rings. The summed E-state index contributed by atoms with van der Waals surface area (Å²) in [6.45, 7) is 7.03. The monoisotopic (exact) mass is 404 g/mol. The molecule has 21 heavy (non-hydrogen) atoms. The van der Waals surface area contributed by atoms with Crippen LogP contribution in [0.4, 0.5) is 0 Å². The number of hydrogen-bond donors (Lipinski definition) is 2. The summed E-state index contributed by atoms with van der Waals surface area (Å²) >= 11 is 0. The third-order valence-electron chi connectivity index (χ3n) is 3.03. The van der Waals surface area contributed by atoms with Crippen molar-refractivity contribution in [1.82, 2.24) is 15.5 Å². The van der Waals surface area contributed by atoms with Crippen molar-refractivity contribution in [2.45, 2.75) is 26.3 Å². The Balaban J connectivity index is 0.00000400. The Morgan fingerprint density at radius 1 is 1.24 bits per heavy atom. The van der Waals surface area contributed by atoms with Crippen LogP contribution in [-0.2, 0) is 0 Å². The maximum atomic E-state index is 4.62. The zero-order valence-corrected chi connectivity index (χ0v) is 15.9. The van der Waals surface area contributed by atoms with Gasteiger partial charge in [0.2, 0.25) is 0 Å². The average Bonchev–Trinajstić information content (AvgIpc) is 2.44. The van der Waals surface area contributed by atoms with Gasteiger partial charge in [0, 0.05) is 13.1 Å². The molecule has 0 bridgehead atoms. The van der Waals surface area contributed by atoms with E-state index in [-0.39, 0.29) is 30.0 Å². The summed E-state index contributed by atoms with van der Waals surface area (Å²) in [4.78, 5) is 6.80. The van der Waals surface area contributed by atoms with Crippen molar-refractivity contribution in [1.29, 1.82) is 0 Å². The fourth-order valence-electron chi connectivity index (χ4n) is 1.93. The smallest absolute Gasteiger partial charge is 0.191 e. The van der Waals surface area contributed by atoms with Gasteiger partial charge in [0.15, 0.2) is 5.96 Å². The van der Waals surface area contributed by atoms with Crippen molar-refractivity contribution in [3.05, 3.63) is 35.9 Å². The molecular weight excluding hydrogens is 375 g/mol. The molecule has 1 unspecified atom stereocenters. The van der Waals surface area contributed by atoms with Gasteiger partial charge in [0.25, 0.3) is 0 Å². The predicted octanol–water partition coefficient (Wildman–Crippen LogP) is 2.87. The minimum Gasteiger partial charge on any atom is -0.357 e. The molecule has 0 heterocycles. The van der Waals surface area contributed by atoms with E-state index in [9.17, 15) is 0 Å². The van der Waals surface area contributed by atoms with Crippen LogP contribution in [-0.4, -0.2) is 44.6 Å². The Morgan fingerprint density at radius 2 is 1.90 bits per heavy atom. The van der Waals surface area contributed by atoms with Crippen LogP contribution in [0.5, 0.6) is 0 Å². The van der Waals surface area contributed by atoms with Crippen LogP contribution in [0.25, 0.3) is 0 Å². The molecule has 0 aliphatic heterocycles. The van der Waals surface area contributed by atoms with Crippen molar-refractivity contribution >= 4 is 29.9 Å². The Hall–Kier alpha value is -0.820. The maximum absolute atomic E-state index is 4.62. The van der Waals surface area contributed by atoms with E-state index in [1.807, 2.05) is 6.07 Å². The minimum atomic E-state index is 0. The van der Waals surface area contributed by atoms with E-state index in [1.165, 1.54) is 5.56 Å². The first kappa shape index (κ1) is 20.2. The highest BCUT2D eigenvalue weighted by Gasteiger charge is 2.06. The number of benzene rings is 1. The molecule has 1 aromatic carbocycles. The van der Waals surface area contributed by atoms with Crippen LogP contribution in [0.2, 0.25) is 0 Å². The van der Waals surface area contributed by atoms with Crippen LogP contribution in [0, 0.1) is 0 Å². The molecule has 0 amide bonds. The lowest BCUT2D eigenvalue weighted by molar-refractivity contribution is 0.403.